The molecule has 0 saturated heterocycles. The molecule has 0 radical (unpaired) electrons. The van der Waals surface area contributed by atoms with Crippen LogP contribution >= 0.6 is 0 Å². The summed E-state index contributed by atoms with van der Waals surface area (Å²) in [6.07, 6.45) is 16.3. The molecule has 0 aromatic heterocycles. The molecule has 0 unspecified atom stereocenters. The monoisotopic (exact) mass is 384 g/mol. The molecule has 1 aromatic rings. The minimum absolute atomic E-state index is 0.203. The molecule has 2 saturated carbocycles. The lowest BCUT2D eigenvalue weighted by molar-refractivity contribution is 0.601. The van der Waals surface area contributed by atoms with Crippen LogP contribution in [0.5, 0.6) is 0 Å². The second-order valence-electron chi connectivity index (χ2n) is 9.01. The summed E-state index contributed by atoms with van der Waals surface area (Å²) < 4.78 is 0. The summed E-state index contributed by atoms with van der Waals surface area (Å²) in [5.74, 6) is 0. The summed E-state index contributed by atoms with van der Waals surface area (Å²) in [6, 6.07) is 10.9. The van der Waals surface area contributed by atoms with Gasteiger partial charge in [-0.15, -0.1) is 0 Å². The summed E-state index contributed by atoms with van der Waals surface area (Å²) in [4.78, 5) is 0. The van der Waals surface area contributed by atoms with E-state index in [4.69, 9.17) is 5.26 Å². The van der Waals surface area contributed by atoms with Gasteiger partial charge in [-0.25, -0.2) is 0 Å². The predicted octanol–water partition coefficient (Wildman–Crippen LogP) is 7.34. The molecule has 150 valence electrons. The van der Waals surface area contributed by atoms with Crippen molar-refractivity contribution in [2.45, 2.75) is 64.7 Å². The Morgan fingerprint density at radius 1 is 1.07 bits per heavy atom. The van der Waals surface area contributed by atoms with Gasteiger partial charge in [-0.3, -0.25) is 0 Å². The normalized spacial score (nSPS) is 21.5. The van der Waals surface area contributed by atoms with Crippen molar-refractivity contribution in [2.75, 3.05) is 11.9 Å². The molecular weight excluding hydrogens is 352 g/mol. The molecule has 2 heteroatoms. The first kappa shape index (κ1) is 19.8. The van der Waals surface area contributed by atoms with E-state index in [1.807, 2.05) is 0 Å². The molecule has 1 aromatic carbocycles. The molecule has 2 fully saturated rings. The van der Waals surface area contributed by atoms with Gasteiger partial charge in [-0.2, -0.15) is 5.26 Å². The lowest BCUT2D eigenvalue weighted by Crippen LogP contribution is -2.06. The Kier molecular flexibility index (Phi) is 5.76. The maximum Gasteiger partial charge on any atom is 0.0946 e. The number of anilines is 1. The van der Waals surface area contributed by atoms with Crippen LogP contribution in [0.15, 0.2) is 65.3 Å². The predicted molar refractivity (Wildman–Crippen MR) is 122 cm³/mol. The third-order valence-electron chi connectivity index (χ3n) is 6.86. The first-order valence-corrected chi connectivity index (χ1v) is 11.2. The molecule has 0 bridgehead atoms. The molecule has 4 aliphatic rings. The van der Waals surface area contributed by atoms with Gasteiger partial charge in [-0.05, 0) is 74.2 Å². The van der Waals surface area contributed by atoms with Gasteiger partial charge in [0.15, 0.2) is 0 Å². The third-order valence-corrected chi connectivity index (χ3v) is 6.86. The van der Waals surface area contributed by atoms with Gasteiger partial charge in [0.25, 0.3) is 0 Å². The van der Waals surface area contributed by atoms with E-state index in [1.165, 1.54) is 67.3 Å². The largest absolute Gasteiger partial charge is 0.380 e. The highest BCUT2D eigenvalue weighted by Crippen LogP contribution is 2.50. The van der Waals surface area contributed by atoms with Gasteiger partial charge in [0.05, 0.1) is 6.07 Å². The van der Waals surface area contributed by atoms with Gasteiger partial charge in [0.2, 0.25) is 0 Å². The van der Waals surface area contributed by atoms with Crippen LogP contribution in [0.2, 0.25) is 0 Å². The van der Waals surface area contributed by atoms with Crippen molar-refractivity contribution in [1.82, 2.24) is 0 Å². The second kappa shape index (κ2) is 8.46. The summed E-state index contributed by atoms with van der Waals surface area (Å²) in [7, 11) is 0. The van der Waals surface area contributed by atoms with Crippen LogP contribution in [-0.2, 0) is 0 Å². The molecule has 1 aliphatic heterocycles. The average Bonchev–Trinajstić information content (AvgIpc) is 3.55. The third kappa shape index (κ3) is 4.25. The first-order valence-electron chi connectivity index (χ1n) is 11.2. The van der Waals surface area contributed by atoms with E-state index in [0.717, 1.165) is 25.0 Å². The zero-order valence-electron chi connectivity index (χ0n) is 17.7. The van der Waals surface area contributed by atoms with Crippen LogP contribution in [-0.4, -0.2) is 6.54 Å². The standard InChI is InChI=1S/C20H23N.C7H9N/c1-2-8-15(9-3-1)20-17-11-5-4-10-16(17)14-21-19-13-7-6-12-18(19)20;1-6(5-8)7(2)3-4-7/h6-7,10-13,21H,1-5,8-9,14H2;1,3-4H2,2H3. The molecule has 0 spiro atoms. The highest BCUT2D eigenvalue weighted by Gasteiger charge is 2.40. The minimum atomic E-state index is 0.203. The lowest BCUT2D eigenvalue weighted by Gasteiger charge is -2.23. The number of benzene rings is 1. The van der Waals surface area contributed by atoms with Crippen LogP contribution in [0.4, 0.5) is 5.69 Å². The molecule has 2 nitrogen and oxygen atoms in total. The number of nitriles is 1. The van der Waals surface area contributed by atoms with E-state index >= 15 is 0 Å². The van der Waals surface area contributed by atoms with Crippen LogP contribution in [0.1, 0.15) is 70.3 Å². The van der Waals surface area contributed by atoms with Crippen molar-refractivity contribution in [3.63, 3.8) is 0 Å². The Morgan fingerprint density at radius 3 is 2.48 bits per heavy atom. The average molecular weight is 385 g/mol. The number of nitrogens with one attached hydrogen (secondary N) is 1. The Hall–Kier alpha value is -2.53. The van der Waals surface area contributed by atoms with Crippen molar-refractivity contribution >= 4 is 11.3 Å². The number of nitrogens with zero attached hydrogens (tertiary/aromatic N) is 1. The van der Waals surface area contributed by atoms with E-state index in [1.54, 1.807) is 11.1 Å². The van der Waals surface area contributed by atoms with E-state index < -0.39 is 0 Å². The van der Waals surface area contributed by atoms with Crippen molar-refractivity contribution in [3.05, 3.63) is 70.9 Å². The number of hydrogen-bond donors (Lipinski definition) is 1. The van der Waals surface area contributed by atoms with Gasteiger partial charge in [0.1, 0.15) is 0 Å². The van der Waals surface area contributed by atoms with Crippen LogP contribution in [0, 0.1) is 16.7 Å². The topological polar surface area (TPSA) is 35.8 Å². The number of hydrogen-bond acceptors (Lipinski definition) is 2. The molecule has 0 atom stereocenters. The van der Waals surface area contributed by atoms with Crippen LogP contribution in [0.25, 0.3) is 5.57 Å². The fourth-order valence-electron chi connectivity index (χ4n) is 4.58. The Balaban J connectivity index is 0.000000216. The summed E-state index contributed by atoms with van der Waals surface area (Å²) >= 11 is 0. The number of para-hydroxylation sites is 1. The SMILES string of the molecule is C1=C2CNc3ccccc3C(=C3CCCCC3)C2=CCC1.C=C(C#N)C1(C)CC1. The van der Waals surface area contributed by atoms with E-state index in [2.05, 4.69) is 61.3 Å². The molecule has 1 N–H and O–H groups in total. The van der Waals surface area contributed by atoms with Crippen molar-refractivity contribution in [1.29, 1.82) is 5.26 Å². The Morgan fingerprint density at radius 2 is 1.79 bits per heavy atom. The zero-order valence-corrected chi connectivity index (χ0v) is 17.7. The van der Waals surface area contributed by atoms with E-state index in [9.17, 15) is 0 Å². The van der Waals surface area contributed by atoms with Crippen molar-refractivity contribution in [3.8, 4) is 6.07 Å². The fraction of sp³-hybridized carbons (Fsp3) is 0.444. The fourth-order valence-corrected chi connectivity index (χ4v) is 4.58. The van der Waals surface area contributed by atoms with Gasteiger partial charge < -0.3 is 5.32 Å². The van der Waals surface area contributed by atoms with Crippen LogP contribution in [0.3, 0.4) is 0 Å². The van der Waals surface area contributed by atoms with Crippen molar-refractivity contribution in [2.24, 2.45) is 5.41 Å². The summed E-state index contributed by atoms with van der Waals surface area (Å²) in [5.41, 5.74) is 9.96. The summed E-state index contributed by atoms with van der Waals surface area (Å²) in [6.45, 7) is 6.70. The van der Waals surface area contributed by atoms with E-state index in [-0.39, 0.29) is 5.41 Å². The molecule has 0 amide bonds. The molecule has 29 heavy (non-hydrogen) atoms. The Bertz CT molecular complexity index is 924. The minimum Gasteiger partial charge on any atom is -0.380 e. The molecule has 1 heterocycles. The molecule has 5 rings (SSSR count). The second-order valence-corrected chi connectivity index (χ2v) is 9.01. The van der Waals surface area contributed by atoms with Gasteiger partial charge >= 0.3 is 0 Å². The highest BCUT2D eigenvalue weighted by atomic mass is 14.9. The highest BCUT2D eigenvalue weighted by molar-refractivity contribution is 5.92. The molecular formula is C27H32N2. The Labute approximate surface area is 175 Å². The lowest BCUT2D eigenvalue weighted by atomic mass is 9.81. The number of allylic oxidation sites excluding steroid dienone is 5. The smallest absolute Gasteiger partial charge is 0.0946 e. The maximum absolute atomic E-state index is 8.36. The first-order chi connectivity index (χ1) is 14.1. The van der Waals surface area contributed by atoms with Crippen LogP contribution < -0.4 is 5.32 Å². The van der Waals surface area contributed by atoms with Gasteiger partial charge in [-0.1, -0.05) is 55.8 Å². The number of rotatable bonds is 1. The quantitative estimate of drug-likeness (QED) is 0.514. The van der Waals surface area contributed by atoms with Crippen molar-refractivity contribution < 1.29 is 0 Å². The van der Waals surface area contributed by atoms with Gasteiger partial charge in [0, 0.05) is 28.8 Å². The number of fused-ring (bicyclic) bond motifs is 2. The maximum atomic E-state index is 8.36. The zero-order chi connectivity index (χ0) is 20.3. The molecule has 3 aliphatic carbocycles. The summed E-state index contributed by atoms with van der Waals surface area (Å²) in [5, 5.41) is 12.0. The van der Waals surface area contributed by atoms with E-state index in [0.29, 0.717) is 0 Å².